The number of nitro groups is 1. The number of rotatable bonds is 10. The minimum Gasteiger partial charge on any atom is -0.497 e. The lowest BCUT2D eigenvalue weighted by Gasteiger charge is -2.18. The van der Waals surface area contributed by atoms with E-state index in [1.165, 1.54) is 0 Å². The highest BCUT2D eigenvalue weighted by molar-refractivity contribution is 6.00. The van der Waals surface area contributed by atoms with Crippen LogP contribution in [0.1, 0.15) is 59.5 Å². The second-order valence-electron chi connectivity index (χ2n) is 12.5. The smallest absolute Gasteiger partial charge is 0.337 e. The van der Waals surface area contributed by atoms with Crippen LogP contribution in [-0.2, 0) is 0 Å². The fraction of sp³-hybridized carbons (Fsp3) is 0.231. The largest absolute Gasteiger partial charge is 0.497 e. The van der Waals surface area contributed by atoms with Crippen LogP contribution in [0.5, 0.6) is 28.9 Å². The van der Waals surface area contributed by atoms with Crippen molar-refractivity contribution in [1.29, 1.82) is 5.26 Å². The zero-order chi connectivity index (χ0) is 35.8. The van der Waals surface area contributed by atoms with E-state index in [1.807, 2.05) is 26.0 Å². The van der Waals surface area contributed by atoms with Gasteiger partial charge in [0.05, 0.1) is 48.1 Å². The Morgan fingerprint density at radius 2 is 1.57 bits per heavy atom. The number of aliphatic imine (C=N–C) groups is 1. The standard InChI is InChI=1S/C39H30N6O6/c1-21-18-29(48-5)19-22(2)36(21)51-37(32-30(24-8-9-24)34(42-4)38(43-32)49-28-16-12-26(41-3)13-17-28)33-31(25-10-11-25)35(45(46)47)39(44-33)50-27-14-6-23(20-40)7-15-27/h6-7,12-19,24-25,43H,8-11H2,1-2,5H3/b37-33+. The summed E-state index contributed by atoms with van der Waals surface area (Å²) in [6, 6.07) is 18.5. The number of allylic oxidation sites excluding steroid dienone is 1. The van der Waals surface area contributed by atoms with Crippen LogP contribution >= 0.6 is 0 Å². The monoisotopic (exact) mass is 678 g/mol. The quantitative estimate of drug-likeness (QED) is 0.0762. The molecule has 0 radical (unpaired) electrons. The van der Waals surface area contributed by atoms with Gasteiger partial charge in [-0.25, -0.2) is 14.7 Å². The highest BCUT2D eigenvalue weighted by Gasteiger charge is 2.46. The van der Waals surface area contributed by atoms with E-state index >= 15 is 0 Å². The second kappa shape index (κ2) is 13.2. The number of hydrogen-bond acceptors (Lipinski definition) is 8. The Kier molecular flexibility index (Phi) is 8.48. The summed E-state index contributed by atoms with van der Waals surface area (Å²) in [5.41, 5.74) is 4.12. The molecule has 1 N–H and O–H groups in total. The van der Waals surface area contributed by atoms with Crippen LogP contribution in [0.4, 0.5) is 11.4 Å². The number of hydrogen-bond donors (Lipinski definition) is 1. The molecule has 2 heterocycles. The van der Waals surface area contributed by atoms with Crippen molar-refractivity contribution < 1.29 is 23.9 Å². The molecule has 2 saturated carbocycles. The molecule has 12 nitrogen and oxygen atoms in total. The van der Waals surface area contributed by atoms with Crippen molar-refractivity contribution >= 4 is 23.0 Å². The van der Waals surface area contributed by atoms with E-state index < -0.39 is 4.92 Å². The molecule has 0 bridgehead atoms. The topological polar surface area (TPSA) is 141 Å². The van der Waals surface area contributed by atoms with Gasteiger partial charge in [-0.2, -0.15) is 5.26 Å². The first-order valence-electron chi connectivity index (χ1n) is 16.2. The first kappa shape index (κ1) is 32.7. The van der Waals surface area contributed by atoms with Gasteiger partial charge in [0.1, 0.15) is 28.7 Å². The molecule has 0 saturated heterocycles. The number of nitriles is 1. The zero-order valence-electron chi connectivity index (χ0n) is 27.9. The van der Waals surface area contributed by atoms with Gasteiger partial charge in [-0.05, 0) is 117 Å². The minimum absolute atomic E-state index is 0.0162. The molecule has 3 aromatic carbocycles. The lowest BCUT2D eigenvalue weighted by Crippen LogP contribution is -2.17. The molecule has 1 aromatic heterocycles. The molecule has 0 unspecified atom stereocenters. The van der Waals surface area contributed by atoms with Crippen molar-refractivity contribution in [2.75, 3.05) is 7.11 Å². The first-order chi connectivity index (χ1) is 24.7. The summed E-state index contributed by atoms with van der Waals surface area (Å²) in [5, 5.41) is 22.1. The summed E-state index contributed by atoms with van der Waals surface area (Å²) in [5.74, 6) is 1.89. The maximum absolute atomic E-state index is 12.8. The van der Waals surface area contributed by atoms with Crippen molar-refractivity contribution in [3.8, 4) is 34.9 Å². The summed E-state index contributed by atoms with van der Waals surface area (Å²) in [7, 11) is 1.58. The number of nitrogens with zero attached hydrogens (tertiary/aromatic N) is 5. The highest BCUT2D eigenvalue weighted by atomic mass is 16.6. The van der Waals surface area contributed by atoms with Crippen LogP contribution in [0.2, 0.25) is 0 Å². The summed E-state index contributed by atoms with van der Waals surface area (Å²) in [6.07, 6.45) is 3.09. The third-order valence-corrected chi connectivity index (χ3v) is 8.87. The average Bonchev–Trinajstić information content (AvgIpc) is 4.08. The van der Waals surface area contributed by atoms with Gasteiger partial charge < -0.3 is 23.9 Å². The lowest BCUT2D eigenvalue weighted by atomic mass is 10.0. The number of benzene rings is 3. The van der Waals surface area contributed by atoms with E-state index in [9.17, 15) is 15.4 Å². The molecule has 3 aliphatic rings. The predicted molar refractivity (Wildman–Crippen MR) is 188 cm³/mol. The van der Waals surface area contributed by atoms with Crippen molar-refractivity contribution in [3.63, 3.8) is 0 Å². The Morgan fingerprint density at radius 3 is 2.12 bits per heavy atom. The predicted octanol–water partition coefficient (Wildman–Crippen LogP) is 9.46. The van der Waals surface area contributed by atoms with Crippen LogP contribution in [0.3, 0.4) is 0 Å². The second-order valence-corrected chi connectivity index (χ2v) is 12.5. The number of aromatic amines is 1. The SMILES string of the molecule is [C-]#[N+]c1ccc(Oc2[nH]c(/C(Oc3c(C)cc(OC)cc3C)=C3\N=C(Oc4ccc(C#N)cc4)C([N+](=O)[O-])=C3C3CC3)c(C3CC3)c2[N+]#[C-])cc1. The summed E-state index contributed by atoms with van der Waals surface area (Å²) in [6.45, 7) is 19.3. The number of aryl methyl sites for hydroxylation is 2. The number of nitrogens with one attached hydrogen (secondary N) is 1. The molecule has 0 atom stereocenters. The van der Waals surface area contributed by atoms with Crippen molar-refractivity contribution in [2.24, 2.45) is 10.9 Å². The van der Waals surface area contributed by atoms with Gasteiger partial charge in [0, 0.05) is 0 Å². The lowest BCUT2D eigenvalue weighted by molar-refractivity contribution is -0.417. The van der Waals surface area contributed by atoms with Crippen molar-refractivity contribution in [2.45, 2.75) is 45.4 Å². The molecule has 12 heteroatoms. The fourth-order valence-electron chi connectivity index (χ4n) is 6.16. The third kappa shape index (κ3) is 6.37. The maximum Gasteiger partial charge on any atom is 0.337 e. The van der Waals surface area contributed by atoms with Gasteiger partial charge in [0.2, 0.25) is 5.88 Å². The van der Waals surface area contributed by atoms with Crippen molar-refractivity contribution in [1.82, 2.24) is 4.98 Å². The van der Waals surface area contributed by atoms with Gasteiger partial charge in [-0.15, -0.1) is 0 Å². The fourth-order valence-corrected chi connectivity index (χ4v) is 6.16. The molecule has 7 rings (SSSR count). The van der Waals surface area contributed by atoms with Crippen LogP contribution in [-0.4, -0.2) is 22.9 Å². The van der Waals surface area contributed by atoms with Crippen LogP contribution in [0.15, 0.2) is 82.6 Å². The summed E-state index contributed by atoms with van der Waals surface area (Å²) >= 11 is 0. The first-order valence-corrected chi connectivity index (χ1v) is 16.2. The molecule has 2 fully saturated rings. The number of ether oxygens (including phenoxy) is 4. The van der Waals surface area contributed by atoms with E-state index in [-0.39, 0.29) is 52.2 Å². The Labute approximate surface area is 293 Å². The molecular formula is C39H30N6O6. The van der Waals surface area contributed by atoms with Crippen molar-refractivity contribution in [3.05, 3.63) is 139 Å². The molecule has 4 aromatic rings. The van der Waals surface area contributed by atoms with Gasteiger partial charge in [-0.3, -0.25) is 10.1 Å². The molecule has 51 heavy (non-hydrogen) atoms. The third-order valence-electron chi connectivity index (χ3n) is 8.87. The zero-order valence-corrected chi connectivity index (χ0v) is 27.9. The van der Waals surface area contributed by atoms with Gasteiger partial charge >= 0.3 is 11.6 Å². The normalized spacial score (nSPS) is 16.0. The van der Waals surface area contributed by atoms with E-state index in [0.717, 1.165) is 24.0 Å². The summed E-state index contributed by atoms with van der Waals surface area (Å²) < 4.78 is 24.7. The Morgan fingerprint density at radius 1 is 0.941 bits per heavy atom. The average molecular weight is 679 g/mol. The van der Waals surface area contributed by atoms with Crippen LogP contribution in [0.25, 0.3) is 15.4 Å². The molecule has 0 spiro atoms. The van der Waals surface area contributed by atoms with Crippen LogP contribution in [0, 0.1) is 54.4 Å². The summed E-state index contributed by atoms with van der Waals surface area (Å²) in [4.78, 5) is 27.8. The Balaban J connectivity index is 1.46. The molecular weight excluding hydrogens is 648 g/mol. The Hall–Kier alpha value is -6.84. The number of aromatic nitrogens is 1. The van der Waals surface area contributed by atoms with E-state index in [2.05, 4.69) is 20.7 Å². The van der Waals surface area contributed by atoms with E-state index in [0.29, 0.717) is 58.2 Å². The highest BCUT2D eigenvalue weighted by Crippen LogP contribution is 2.54. The molecule has 1 aliphatic heterocycles. The van der Waals surface area contributed by atoms with Gasteiger partial charge in [0.25, 0.3) is 5.69 Å². The number of methoxy groups -OCH3 is 1. The van der Waals surface area contributed by atoms with Crippen LogP contribution < -0.4 is 18.9 Å². The van der Waals surface area contributed by atoms with E-state index in [4.69, 9.17) is 37.1 Å². The van der Waals surface area contributed by atoms with E-state index in [1.54, 1.807) is 55.6 Å². The Bertz CT molecular complexity index is 2280. The van der Waals surface area contributed by atoms with Gasteiger partial charge in [-0.1, -0.05) is 12.1 Å². The number of H-pyrrole nitrogens is 1. The molecule has 252 valence electrons. The van der Waals surface area contributed by atoms with Gasteiger partial charge in [0.15, 0.2) is 11.4 Å². The molecule has 0 amide bonds. The minimum atomic E-state index is -0.479. The molecule has 2 aliphatic carbocycles. The maximum atomic E-state index is 12.8.